The summed E-state index contributed by atoms with van der Waals surface area (Å²) < 4.78 is 5.56. The Hall–Kier alpha value is -3.42. The van der Waals surface area contributed by atoms with Gasteiger partial charge in [0, 0.05) is 6.07 Å². The van der Waals surface area contributed by atoms with E-state index in [-0.39, 0.29) is 23.6 Å². The molecule has 8 nitrogen and oxygen atoms in total. The van der Waals surface area contributed by atoms with E-state index in [1.54, 1.807) is 0 Å². The highest BCUT2D eigenvalue weighted by atomic mass is 16.6. The van der Waals surface area contributed by atoms with Gasteiger partial charge in [0.15, 0.2) is 6.61 Å². The molecule has 2 rings (SSSR count). The number of benzene rings is 2. The van der Waals surface area contributed by atoms with E-state index >= 15 is 0 Å². The van der Waals surface area contributed by atoms with E-state index in [1.807, 2.05) is 32.9 Å². The number of aromatic hydroxyl groups is 1. The molecular formula is C18H19N3O5. The number of carbonyl (C=O) groups is 1. The van der Waals surface area contributed by atoms with Gasteiger partial charge in [0.2, 0.25) is 0 Å². The zero-order valence-corrected chi connectivity index (χ0v) is 14.6. The third-order valence-corrected chi connectivity index (χ3v) is 3.82. The maximum absolute atomic E-state index is 11.9. The second kappa shape index (κ2) is 8.11. The molecule has 26 heavy (non-hydrogen) atoms. The number of phenols is 1. The molecule has 0 spiro atoms. The van der Waals surface area contributed by atoms with Crippen molar-refractivity contribution in [2.24, 2.45) is 5.10 Å². The first kappa shape index (κ1) is 18.9. The molecule has 0 fully saturated rings. The van der Waals surface area contributed by atoms with Crippen molar-refractivity contribution in [1.29, 1.82) is 0 Å². The topological polar surface area (TPSA) is 114 Å². The summed E-state index contributed by atoms with van der Waals surface area (Å²) >= 11 is 0. The van der Waals surface area contributed by atoms with Crippen LogP contribution in [0, 0.1) is 30.9 Å². The number of hydrazone groups is 1. The van der Waals surface area contributed by atoms with E-state index in [1.165, 1.54) is 12.1 Å². The third kappa shape index (κ3) is 4.56. The molecular weight excluding hydrogens is 338 g/mol. The number of aryl methyl sites for hydroxylation is 2. The first-order chi connectivity index (χ1) is 12.3. The van der Waals surface area contributed by atoms with Crippen molar-refractivity contribution in [1.82, 2.24) is 5.43 Å². The van der Waals surface area contributed by atoms with Gasteiger partial charge in [-0.3, -0.25) is 14.9 Å². The second-order valence-corrected chi connectivity index (χ2v) is 5.74. The smallest absolute Gasteiger partial charge is 0.278 e. The number of nitro benzene ring substituents is 1. The van der Waals surface area contributed by atoms with Crippen LogP contribution in [0.3, 0.4) is 0 Å². The minimum Gasteiger partial charge on any atom is -0.508 e. The van der Waals surface area contributed by atoms with Crippen LogP contribution in [-0.4, -0.2) is 28.8 Å². The zero-order chi connectivity index (χ0) is 19.3. The Morgan fingerprint density at radius 3 is 2.65 bits per heavy atom. The molecule has 0 saturated carbocycles. The van der Waals surface area contributed by atoms with Gasteiger partial charge in [-0.15, -0.1) is 0 Å². The van der Waals surface area contributed by atoms with E-state index in [4.69, 9.17) is 4.74 Å². The Bertz CT molecular complexity index is 877. The molecule has 136 valence electrons. The van der Waals surface area contributed by atoms with Gasteiger partial charge >= 0.3 is 0 Å². The van der Waals surface area contributed by atoms with E-state index < -0.39 is 10.8 Å². The summed E-state index contributed by atoms with van der Waals surface area (Å²) in [6, 6.07) is 7.43. The van der Waals surface area contributed by atoms with Crippen LogP contribution in [0.4, 0.5) is 5.69 Å². The van der Waals surface area contributed by atoms with Gasteiger partial charge in [-0.05, 0) is 49.6 Å². The predicted octanol–water partition coefficient (Wildman–Crippen LogP) is 2.75. The summed E-state index contributed by atoms with van der Waals surface area (Å²) in [5.74, 6) is -0.00535. The zero-order valence-electron chi connectivity index (χ0n) is 14.6. The maximum Gasteiger partial charge on any atom is 0.278 e. The van der Waals surface area contributed by atoms with Gasteiger partial charge in [0.1, 0.15) is 11.5 Å². The van der Waals surface area contributed by atoms with Crippen LogP contribution >= 0.6 is 0 Å². The standard InChI is InChI=1S/C18H19N3O5/c1-11-4-5-12(2)18(13(11)3)26-10-17(23)20-19-9-14-8-15(22)6-7-16(14)21(24)25/h4-9,22H,10H2,1-3H3,(H,20,23)/b19-9-. The normalized spacial score (nSPS) is 10.7. The van der Waals surface area contributed by atoms with Gasteiger partial charge in [-0.1, -0.05) is 12.1 Å². The van der Waals surface area contributed by atoms with Crippen LogP contribution in [0.5, 0.6) is 11.5 Å². The fraction of sp³-hybridized carbons (Fsp3) is 0.222. The molecule has 0 aliphatic rings. The fourth-order valence-electron chi connectivity index (χ4n) is 2.30. The number of nitrogens with zero attached hydrogens (tertiary/aromatic N) is 2. The van der Waals surface area contributed by atoms with Crippen LogP contribution in [-0.2, 0) is 4.79 Å². The Morgan fingerprint density at radius 1 is 1.27 bits per heavy atom. The lowest BCUT2D eigenvalue weighted by Gasteiger charge is -2.13. The number of hydrogen-bond acceptors (Lipinski definition) is 6. The fourth-order valence-corrected chi connectivity index (χ4v) is 2.30. The van der Waals surface area contributed by atoms with Crippen molar-refractivity contribution in [3.63, 3.8) is 0 Å². The monoisotopic (exact) mass is 357 g/mol. The van der Waals surface area contributed by atoms with E-state index in [9.17, 15) is 20.0 Å². The van der Waals surface area contributed by atoms with Gasteiger partial charge in [-0.25, -0.2) is 5.43 Å². The summed E-state index contributed by atoms with van der Waals surface area (Å²) in [6.45, 7) is 5.51. The average Bonchev–Trinajstić information content (AvgIpc) is 2.58. The lowest BCUT2D eigenvalue weighted by Crippen LogP contribution is -2.25. The lowest BCUT2D eigenvalue weighted by atomic mass is 10.1. The molecule has 0 heterocycles. The lowest BCUT2D eigenvalue weighted by molar-refractivity contribution is -0.385. The van der Waals surface area contributed by atoms with Crippen molar-refractivity contribution in [3.05, 3.63) is 62.7 Å². The van der Waals surface area contributed by atoms with Gasteiger partial charge in [0.05, 0.1) is 16.7 Å². The molecule has 0 radical (unpaired) electrons. The molecule has 0 atom stereocenters. The van der Waals surface area contributed by atoms with E-state index in [0.29, 0.717) is 5.75 Å². The Kier molecular flexibility index (Phi) is 5.90. The quantitative estimate of drug-likeness (QED) is 0.469. The number of ether oxygens (including phenoxy) is 1. The van der Waals surface area contributed by atoms with Crippen LogP contribution in [0.25, 0.3) is 0 Å². The molecule has 0 bridgehead atoms. The van der Waals surface area contributed by atoms with Crippen molar-refractivity contribution in [2.45, 2.75) is 20.8 Å². The first-order valence-corrected chi connectivity index (χ1v) is 7.78. The maximum atomic E-state index is 11.9. The SMILES string of the molecule is Cc1ccc(C)c(OCC(=O)N/N=C\c2cc(O)ccc2[N+](=O)[O-])c1C. The molecule has 8 heteroatoms. The largest absolute Gasteiger partial charge is 0.508 e. The number of nitro groups is 1. The van der Waals surface area contributed by atoms with Crippen molar-refractivity contribution >= 4 is 17.8 Å². The van der Waals surface area contributed by atoms with E-state index in [0.717, 1.165) is 29.0 Å². The summed E-state index contributed by atoms with van der Waals surface area (Å²) in [5, 5.41) is 24.0. The summed E-state index contributed by atoms with van der Waals surface area (Å²) in [4.78, 5) is 22.2. The van der Waals surface area contributed by atoms with Crippen molar-refractivity contribution in [2.75, 3.05) is 6.61 Å². The number of rotatable bonds is 6. The second-order valence-electron chi connectivity index (χ2n) is 5.74. The highest BCUT2D eigenvalue weighted by Crippen LogP contribution is 2.25. The molecule has 2 aromatic carbocycles. The van der Waals surface area contributed by atoms with Gasteiger partial charge < -0.3 is 9.84 Å². The van der Waals surface area contributed by atoms with Gasteiger partial charge in [-0.2, -0.15) is 5.10 Å². The average molecular weight is 357 g/mol. The van der Waals surface area contributed by atoms with Gasteiger partial charge in [0.25, 0.3) is 11.6 Å². The summed E-state index contributed by atoms with van der Waals surface area (Å²) in [6.07, 6.45) is 1.10. The van der Waals surface area contributed by atoms with Crippen molar-refractivity contribution in [3.8, 4) is 11.5 Å². The predicted molar refractivity (Wildman–Crippen MR) is 96.6 cm³/mol. The number of phenolic OH excluding ortho intramolecular Hbond substituents is 1. The Balaban J connectivity index is 2.00. The molecule has 0 aliphatic carbocycles. The minimum absolute atomic E-state index is 0.0709. The molecule has 0 aromatic heterocycles. The van der Waals surface area contributed by atoms with Crippen LogP contribution in [0.15, 0.2) is 35.4 Å². The molecule has 1 amide bonds. The highest BCUT2D eigenvalue weighted by molar-refractivity contribution is 5.87. The number of hydrogen-bond donors (Lipinski definition) is 2. The molecule has 0 aliphatic heterocycles. The number of amides is 1. The van der Waals surface area contributed by atoms with E-state index in [2.05, 4.69) is 10.5 Å². The van der Waals surface area contributed by atoms with Crippen LogP contribution in [0.1, 0.15) is 22.3 Å². The summed E-state index contributed by atoms with van der Waals surface area (Å²) in [7, 11) is 0. The van der Waals surface area contributed by atoms with Crippen LogP contribution < -0.4 is 10.2 Å². The molecule has 2 N–H and O–H groups in total. The highest BCUT2D eigenvalue weighted by Gasteiger charge is 2.13. The summed E-state index contributed by atoms with van der Waals surface area (Å²) in [5.41, 5.74) is 5.01. The number of nitrogens with one attached hydrogen (secondary N) is 1. The first-order valence-electron chi connectivity index (χ1n) is 7.78. The minimum atomic E-state index is -0.602. The number of carbonyl (C=O) groups excluding carboxylic acids is 1. The molecule has 0 unspecified atom stereocenters. The Labute approximate surface area is 150 Å². The Morgan fingerprint density at radius 2 is 1.96 bits per heavy atom. The van der Waals surface area contributed by atoms with Crippen molar-refractivity contribution < 1.29 is 19.6 Å². The molecule has 0 saturated heterocycles. The molecule has 2 aromatic rings. The van der Waals surface area contributed by atoms with Crippen LogP contribution in [0.2, 0.25) is 0 Å². The third-order valence-electron chi connectivity index (χ3n) is 3.82.